The Labute approximate surface area is 353 Å². The van der Waals surface area contributed by atoms with Gasteiger partial charge < -0.3 is 64.2 Å². The Morgan fingerprint density at radius 1 is 0.322 bits per heavy atom. The second kappa shape index (κ2) is 25.9. The molecule has 0 aliphatic carbocycles. The minimum Gasteiger partial charge on any atom is -0.326 e. The van der Waals surface area contributed by atoms with Gasteiger partial charge in [-0.15, -0.1) is 0 Å². The van der Waals surface area contributed by atoms with Crippen LogP contribution in [-0.4, -0.2) is 72.5 Å². The molecular weight excluding hydrogens is 733 g/mol. The largest absolute Gasteiger partial charge is 0.326 e. The first-order valence-corrected chi connectivity index (χ1v) is 22.0. The van der Waals surface area contributed by atoms with Gasteiger partial charge in [-0.25, -0.2) is 0 Å². The monoisotopic (exact) mass is 805 g/mol. The highest BCUT2D eigenvalue weighted by Crippen LogP contribution is 2.15. The van der Waals surface area contributed by atoms with Crippen molar-refractivity contribution in [3.63, 3.8) is 0 Å². The minimum atomic E-state index is 0.544. The van der Waals surface area contributed by atoms with Crippen molar-refractivity contribution in [1.29, 1.82) is 0 Å². The van der Waals surface area contributed by atoms with Gasteiger partial charge in [-0.2, -0.15) is 0 Å². The molecule has 6 rings (SSSR count). The number of hydrogen-bond donors (Lipinski definition) is 12. The van der Waals surface area contributed by atoms with Gasteiger partial charge in [-0.1, -0.05) is 72.8 Å². The summed E-state index contributed by atoms with van der Waals surface area (Å²) in [5.74, 6) is 0. The molecule has 10 bridgehead atoms. The van der Waals surface area contributed by atoms with Crippen molar-refractivity contribution in [2.45, 2.75) is 78.5 Å². The van der Waals surface area contributed by atoms with Crippen LogP contribution in [0, 0.1) is 0 Å². The molecule has 12 nitrogen and oxygen atoms in total. The Kier molecular flexibility index (Phi) is 19.7. The molecule has 12 heteroatoms. The van der Waals surface area contributed by atoms with Crippen LogP contribution in [0.5, 0.6) is 0 Å². The summed E-state index contributed by atoms with van der Waals surface area (Å²) in [6.07, 6.45) is 0. The Hall–Kier alpha value is -3.60. The minimum absolute atomic E-state index is 0.544. The molecule has 59 heavy (non-hydrogen) atoms. The highest BCUT2D eigenvalue weighted by atomic mass is 15.0. The van der Waals surface area contributed by atoms with E-state index in [0.717, 1.165) is 137 Å². The van der Waals surface area contributed by atoms with Crippen molar-refractivity contribution < 1.29 is 0 Å². The topological polar surface area (TPSA) is 158 Å². The van der Waals surface area contributed by atoms with Crippen LogP contribution < -0.4 is 64.2 Å². The van der Waals surface area contributed by atoms with Gasteiger partial charge in [0.25, 0.3) is 0 Å². The molecule has 0 amide bonds. The predicted octanol–water partition coefficient (Wildman–Crippen LogP) is 1.89. The van der Waals surface area contributed by atoms with E-state index in [1.165, 1.54) is 66.8 Å². The number of fused-ring (bicyclic) bond motifs is 13. The molecule has 4 aromatic rings. The lowest BCUT2D eigenvalue weighted by Crippen LogP contribution is -2.28. The number of nitrogens with two attached hydrogens (primary N) is 1. The summed E-state index contributed by atoms with van der Waals surface area (Å²) >= 11 is 0. The molecule has 4 aromatic carbocycles. The van der Waals surface area contributed by atoms with Crippen LogP contribution in [0.2, 0.25) is 0 Å². The summed E-state index contributed by atoms with van der Waals surface area (Å²) in [5, 5.41) is 40.2. The van der Waals surface area contributed by atoms with Crippen molar-refractivity contribution >= 4 is 0 Å². The molecule has 0 fully saturated rings. The van der Waals surface area contributed by atoms with Gasteiger partial charge in [-0.3, -0.25) is 0 Å². The highest BCUT2D eigenvalue weighted by Gasteiger charge is 2.08. The zero-order valence-electron chi connectivity index (χ0n) is 35.6. The second-order valence-corrected chi connectivity index (χ2v) is 16.1. The van der Waals surface area contributed by atoms with Crippen molar-refractivity contribution in [3.8, 4) is 0 Å². The fraction of sp³-hybridized carbons (Fsp3) is 0.489. The molecule has 0 spiro atoms. The van der Waals surface area contributed by atoms with Crippen LogP contribution in [0.15, 0.2) is 72.8 Å². The van der Waals surface area contributed by atoms with Crippen molar-refractivity contribution in [1.82, 2.24) is 58.5 Å². The lowest BCUT2D eigenvalue weighted by molar-refractivity contribution is 0.600. The normalized spacial score (nSPS) is 18.2. The molecule has 0 radical (unpaired) electrons. The maximum absolute atomic E-state index is 6.11. The maximum Gasteiger partial charge on any atom is 0.0206 e. The third-order valence-electron chi connectivity index (χ3n) is 10.8. The molecule has 2 aliphatic heterocycles. The van der Waals surface area contributed by atoms with Crippen LogP contribution in [0.3, 0.4) is 0 Å². The average Bonchev–Trinajstić information content (AvgIpc) is 3.23. The van der Waals surface area contributed by atoms with E-state index >= 15 is 0 Å². The van der Waals surface area contributed by atoms with E-state index in [4.69, 9.17) is 5.73 Å². The number of rotatable bonds is 3. The molecule has 0 unspecified atom stereocenters. The molecule has 0 saturated carbocycles. The van der Waals surface area contributed by atoms with Gasteiger partial charge in [0.1, 0.15) is 0 Å². The highest BCUT2D eigenvalue weighted by molar-refractivity contribution is 5.33. The third kappa shape index (κ3) is 16.8. The van der Waals surface area contributed by atoms with Gasteiger partial charge in [0.2, 0.25) is 0 Å². The van der Waals surface area contributed by atoms with Gasteiger partial charge in [0.05, 0.1) is 0 Å². The average molecular weight is 805 g/mol. The number of benzene rings is 4. The van der Waals surface area contributed by atoms with Crippen molar-refractivity contribution in [2.75, 3.05) is 72.5 Å². The van der Waals surface area contributed by atoms with Crippen LogP contribution in [0.1, 0.15) is 66.8 Å². The van der Waals surface area contributed by atoms with Gasteiger partial charge >= 0.3 is 0 Å². The van der Waals surface area contributed by atoms with Gasteiger partial charge in [0.15, 0.2) is 0 Å². The first-order valence-electron chi connectivity index (χ1n) is 22.0. The smallest absolute Gasteiger partial charge is 0.0206 e. The first kappa shape index (κ1) is 44.9. The van der Waals surface area contributed by atoms with E-state index < -0.39 is 0 Å². The summed E-state index contributed by atoms with van der Waals surface area (Å²) in [4.78, 5) is 0. The Morgan fingerprint density at radius 3 is 0.695 bits per heavy atom. The second-order valence-electron chi connectivity index (χ2n) is 16.1. The van der Waals surface area contributed by atoms with E-state index in [1.54, 1.807) is 0 Å². The lowest BCUT2D eigenvalue weighted by Gasteiger charge is -2.14. The van der Waals surface area contributed by atoms with E-state index in [-0.39, 0.29) is 0 Å². The summed E-state index contributed by atoms with van der Waals surface area (Å²) in [6, 6.07) is 27.9. The number of hydrogen-bond acceptors (Lipinski definition) is 12. The van der Waals surface area contributed by atoms with Crippen molar-refractivity contribution in [3.05, 3.63) is 140 Å². The predicted molar refractivity (Wildman–Crippen MR) is 243 cm³/mol. The van der Waals surface area contributed by atoms with Gasteiger partial charge in [-0.05, 0) is 73.8 Å². The van der Waals surface area contributed by atoms with Crippen LogP contribution in [-0.2, 0) is 78.5 Å². The zero-order valence-corrected chi connectivity index (χ0v) is 35.6. The Bertz CT molecular complexity index is 1710. The third-order valence-corrected chi connectivity index (χ3v) is 10.8. The molecule has 2 aliphatic rings. The standard InChI is InChI=1S/C47H72N12/c1-49-25-37-14-40-17-41(15-37)29-53-7-9-57-33-45-19-43-21-47(23-45)35-59-11-10-58-34-46-20-42(18-44(22-46)32-56-8-6-52-28-40)30-54-4-2-50-26-38-12-36(24-48)13-39(16-38)27-51-3-5-55-31-43/h12-23,49-59H,2-11,24-35,48H2,1H3. The van der Waals surface area contributed by atoms with Crippen molar-refractivity contribution in [2.24, 2.45) is 5.73 Å². The summed E-state index contributed by atoms with van der Waals surface area (Å²) in [5.41, 5.74) is 21.7. The van der Waals surface area contributed by atoms with Crippen LogP contribution in [0.4, 0.5) is 0 Å². The van der Waals surface area contributed by atoms with E-state index in [1.807, 2.05) is 7.05 Å². The fourth-order valence-corrected chi connectivity index (χ4v) is 8.01. The van der Waals surface area contributed by atoms with E-state index in [0.29, 0.717) is 6.54 Å². The van der Waals surface area contributed by atoms with E-state index in [2.05, 4.69) is 131 Å². The maximum atomic E-state index is 6.11. The molecule has 0 aromatic heterocycles. The zero-order chi connectivity index (χ0) is 40.7. The SMILES string of the molecule is CNCc1cc2cc(c1)CNCCNCc1cc3cc(c1)CNCCNCc1cc(cc(c1)CNCCNC2)CNCCNCc1cc(CN)cc(c1)CNCCNC3. The molecule has 0 atom stereocenters. The first-order chi connectivity index (χ1) is 29.1. The summed E-state index contributed by atoms with van der Waals surface area (Å²) in [7, 11) is 2.01. The molecule has 13 N–H and O–H groups in total. The fourth-order valence-electron chi connectivity index (χ4n) is 8.01. The number of nitrogens with one attached hydrogen (secondary N) is 11. The lowest BCUT2D eigenvalue weighted by atomic mass is 10.0. The Balaban J connectivity index is 1.18. The summed E-state index contributed by atoms with van der Waals surface area (Å²) < 4.78 is 0. The quantitative estimate of drug-likeness (QED) is 0.146. The van der Waals surface area contributed by atoms with E-state index in [9.17, 15) is 0 Å². The van der Waals surface area contributed by atoms with Crippen LogP contribution in [0.25, 0.3) is 0 Å². The molecule has 320 valence electrons. The Morgan fingerprint density at radius 2 is 0.508 bits per heavy atom. The molecule has 0 saturated heterocycles. The summed E-state index contributed by atoms with van der Waals surface area (Å²) in [6.45, 7) is 18.7. The van der Waals surface area contributed by atoms with Crippen LogP contribution >= 0.6 is 0 Å². The molecular formula is C47H72N12. The van der Waals surface area contributed by atoms with Gasteiger partial charge in [0, 0.05) is 144 Å². The molecule has 2 heterocycles.